The number of nitrogens with zero attached hydrogens (tertiary/aromatic N) is 4. The Balaban J connectivity index is 1.40. The Hall–Kier alpha value is -4.02. The van der Waals surface area contributed by atoms with Crippen molar-refractivity contribution in [3.05, 3.63) is 41.4 Å². The first-order valence-corrected chi connectivity index (χ1v) is 11.4. The summed E-state index contributed by atoms with van der Waals surface area (Å²) in [6, 6.07) is 3.00. The molecule has 2 N–H and O–H groups in total. The number of carbonyl (C=O) groups is 2. The third-order valence-corrected chi connectivity index (χ3v) is 6.05. The normalized spacial score (nSPS) is 18.4. The fourth-order valence-electron chi connectivity index (χ4n) is 4.24. The van der Waals surface area contributed by atoms with Crippen LogP contribution in [0.15, 0.2) is 28.7 Å². The van der Waals surface area contributed by atoms with E-state index in [9.17, 15) is 41.0 Å². The zero-order valence-corrected chi connectivity index (χ0v) is 20.0. The average Bonchev–Trinajstić information content (AvgIpc) is 3.45. The van der Waals surface area contributed by atoms with Crippen molar-refractivity contribution in [3.63, 3.8) is 0 Å². The Labute approximate surface area is 215 Å². The van der Waals surface area contributed by atoms with E-state index in [1.165, 1.54) is 23.7 Å². The van der Waals surface area contributed by atoms with E-state index in [2.05, 4.69) is 20.3 Å². The predicted octanol–water partition coefficient (Wildman–Crippen LogP) is 4.11. The summed E-state index contributed by atoms with van der Waals surface area (Å²) in [5.74, 6) is -0.756. The van der Waals surface area contributed by atoms with E-state index in [0.29, 0.717) is 5.39 Å². The number of aromatic nitrogens is 3. The number of aryl methyl sites for hydroxylation is 1. The molecule has 1 saturated heterocycles. The molecule has 4 rings (SSSR count). The fourth-order valence-corrected chi connectivity index (χ4v) is 4.24. The summed E-state index contributed by atoms with van der Waals surface area (Å²) in [6.45, 7) is -1.55. The molecule has 0 spiro atoms. The van der Waals surface area contributed by atoms with E-state index < -0.39 is 61.5 Å². The van der Waals surface area contributed by atoms with E-state index in [-0.39, 0.29) is 36.5 Å². The van der Waals surface area contributed by atoms with Crippen LogP contribution in [-0.2, 0) is 18.0 Å². The van der Waals surface area contributed by atoms with Crippen molar-refractivity contribution in [2.45, 2.75) is 37.5 Å². The van der Waals surface area contributed by atoms with Crippen LogP contribution in [-0.4, -0.2) is 68.9 Å². The molecule has 1 aromatic carbocycles. The number of benzene rings is 1. The highest BCUT2D eigenvalue weighted by atomic mass is 19.4. The maximum absolute atomic E-state index is 13.1. The number of likely N-dealkylation sites (tertiary alicyclic amines) is 1. The maximum Gasteiger partial charge on any atom is 0.522 e. The van der Waals surface area contributed by atoms with Crippen LogP contribution >= 0.6 is 0 Å². The minimum atomic E-state index is -4.83. The van der Waals surface area contributed by atoms with Crippen LogP contribution in [0.3, 0.4) is 0 Å². The van der Waals surface area contributed by atoms with Crippen LogP contribution in [0.25, 0.3) is 10.9 Å². The SMILES string of the molecule is Cn1c(C(=O)N[C@H]2CC[C@H](c3nnc(OCCOC(F)(F)F)o3)N(C(=O)O)C2)cc2ccc(C(F)(F)F)cc21. The van der Waals surface area contributed by atoms with Gasteiger partial charge < -0.3 is 24.1 Å². The first-order chi connectivity index (χ1) is 18.2. The molecule has 2 amide bonds. The molecule has 0 saturated carbocycles. The van der Waals surface area contributed by atoms with Gasteiger partial charge in [-0.05, 0) is 31.0 Å². The van der Waals surface area contributed by atoms with Crippen LogP contribution in [0.5, 0.6) is 6.08 Å². The van der Waals surface area contributed by atoms with Gasteiger partial charge in [0.2, 0.25) is 5.89 Å². The molecule has 11 nitrogen and oxygen atoms in total. The minimum absolute atomic E-state index is 0.0847. The van der Waals surface area contributed by atoms with Gasteiger partial charge >= 0.3 is 24.7 Å². The molecule has 17 heteroatoms. The molecule has 0 radical (unpaired) electrons. The lowest BCUT2D eigenvalue weighted by Crippen LogP contribution is -2.50. The molecule has 3 heterocycles. The Bertz CT molecular complexity index is 1350. The second-order valence-electron chi connectivity index (χ2n) is 8.61. The third-order valence-electron chi connectivity index (χ3n) is 6.05. The first-order valence-electron chi connectivity index (χ1n) is 11.4. The zero-order valence-electron chi connectivity index (χ0n) is 20.0. The Kier molecular flexibility index (Phi) is 7.63. The van der Waals surface area contributed by atoms with Gasteiger partial charge in [0.25, 0.3) is 5.91 Å². The zero-order chi connectivity index (χ0) is 28.5. The molecule has 1 aliphatic rings. The summed E-state index contributed by atoms with van der Waals surface area (Å²) in [6.07, 6.45) is -10.8. The van der Waals surface area contributed by atoms with Gasteiger partial charge in [-0.2, -0.15) is 13.2 Å². The molecule has 212 valence electrons. The van der Waals surface area contributed by atoms with Gasteiger partial charge in [0.1, 0.15) is 18.3 Å². The number of piperidine rings is 1. The molecular formula is C22H21F6N5O6. The molecule has 0 aliphatic carbocycles. The number of ether oxygens (including phenoxy) is 2. The number of carboxylic acid groups (broad SMARTS) is 1. The van der Waals surface area contributed by atoms with Crippen molar-refractivity contribution < 1.29 is 54.9 Å². The van der Waals surface area contributed by atoms with Gasteiger partial charge in [-0.1, -0.05) is 11.2 Å². The molecule has 1 aliphatic heterocycles. The summed E-state index contributed by atoms with van der Waals surface area (Å²) in [4.78, 5) is 25.8. The predicted molar refractivity (Wildman–Crippen MR) is 118 cm³/mol. The van der Waals surface area contributed by atoms with Crippen molar-refractivity contribution in [2.24, 2.45) is 7.05 Å². The summed E-state index contributed by atoms with van der Waals surface area (Å²) in [7, 11) is 1.45. The summed E-state index contributed by atoms with van der Waals surface area (Å²) in [5.41, 5.74) is -0.574. The molecule has 3 aromatic rings. The van der Waals surface area contributed by atoms with E-state index in [1.807, 2.05) is 0 Å². The van der Waals surface area contributed by atoms with Gasteiger partial charge in [0, 0.05) is 30.5 Å². The molecule has 2 atom stereocenters. The molecular weight excluding hydrogens is 544 g/mol. The second-order valence-corrected chi connectivity index (χ2v) is 8.61. The number of amides is 2. The summed E-state index contributed by atoms with van der Waals surface area (Å²) in [5, 5.41) is 20.1. The standard InChI is InChI=1S/C22H21F6N5O6/c1-32-15-9-12(21(23,24)25)3-2-11(15)8-16(32)17(34)29-13-4-5-14(33(10-13)20(35)36)18-30-31-19(39-18)37-6-7-38-22(26,27)28/h2-3,8-9,13-14H,4-7,10H2,1H3,(H,29,34)(H,35,36)/t13-,14+/m0/s1. The van der Waals surface area contributed by atoms with Gasteiger partial charge in [-0.3, -0.25) is 14.4 Å². The lowest BCUT2D eigenvalue weighted by atomic mass is 9.98. The van der Waals surface area contributed by atoms with E-state index in [4.69, 9.17) is 9.15 Å². The monoisotopic (exact) mass is 565 g/mol. The summed E-state index contributed by atoms with van der Waals surface area (Å²) >= 11 is 0. The largest absolute Gasteiger partial charge is 0.522 e. The topological polar surface area (TPSA) is 132 Å². The van der Waals surface area contributed by atoms with Crippen LogP contribution in [0.4, 0.5) is 31.1 Å². The smallest absolute Gasteiger partial charge is 0.465 e. The number of hydrogen-bond donors (Lipinski definition) is 2. The molecule has 1 fully saturated rings. The lowest BCUT2D eigenvalue weighted by Gasteiger charge is -2.36. The highest BCUT2D eigenvalue weighted by Gasteiger charge is 2.37. The quantitative estimate of drug-likeness (QED) is 0.323. The highest BCUT2D eigenvalue weighted by molar-refractivity contribution is 5.99. The first kappa shape index (κ1) is 28.0. The average molecular weight is 565 g/mol. The summed E-state index contributed by atoms with van der Waals surface area (Å²) < 4.78 is 90.3. The maximum atomic E-state index is 13.1. The van der Waals surface area contributed by atoms with Crippen LogP contribution in [0.1, 0.15) is 40.8 Å². The van der Waals surface area contributed by atoms with Crippen LogP contribution in [0.2, 0.25) is 0 Å². The van der Waals surface area contributed by atoms with Gasteiger partial charge in [0.15, 0.2) is 0 Å². The van der Waals surface area contributed by atoms with E-state index >= 15 is 0 Å². The molecule has 0 unspecified atom stereocenters. The number of hydrogen-bond acceptors (Lipinski definition) is 7. The molecule has 0 bridgehead atoms. The second kappa shape index (κ2) is 10.6. The Morgan fingerprint density at radius 2 is 1.87 bits per heavy atom. The lowest BCUT2D eigenvalue weighted by molar-refractivity contribution is -0.325. The van der Waals surface area contributed by atoms with E-state index in [0.717, 1.165) is 17.0 Å². The van der Waals surface area contributed by atoms with Gasteiger partial charge in [-0.15, -0.1) is 18.3 Å². The number of nitrogens with one attached hydrogen (secondary N) is 1. The van der Waals surface area contributed by atoms with Crippen molar-refractivity contribution in [2.75, 3.05) is 19.8 Å². The van der Waals surface area contributed by atoms with Crippen LogP contribution in [0, 0.1) is 0 Å². The number of rotatable bonds is 7. The van der Waals surface area contributed by atoms with Crippen LogP contribution < -0.4 is 10.1 Å². The minimum Gasteiger partial charge on any atom is -0.465 e. The number of carbonyl (C=O) groups excluding carboxylic acids is 1. The molecule has 39 heavy (non-hydrogen) atoms. The Morgan fingerprint density at radius 3 is 2.54 bits per heavy atom. The van der Waals surface area contributed by atoms with Crippen molar-refractivity contribution in [1.82, 2.24) is 25.0 Å². The third kappa shape index (κ3) is 6.52. The van der Waals surface area contributed by atoms with Crippen molar-refractivity contribution in [3.8, 4) is 6.08 Å². The van der Waals surface area contributed by atoms with E-state index in [1.54, 1.807) is 0 Å². The number of fused-ring (bicyclic) bond motifs is 1. The number of alkyl halides is 6. The van der Waals surface area contributed by atoms with Gasteiger partial charge in [0.05, 0.1) is 12.2 Å². The van der Waals surface area contributed by atoms with Gasteiger partial charge in [-0.25, -0.2) is 4.79 Å². The van der Waals surface area contributed by atoms with Crippen molar-refractivity contribution in [1.29, 1.82) is 0 Å². The highest BCUT2D eigenvalue weighted by Crippen LogP contribution is 2.33. The Morgan fingerprint density at radius 1 is 1.13 bits per heavy atom. The van der Waals surface area contributed by atoms with Crippen molar-refractivity contribution >= 4 is 22.9 Å². The fraction of sp³-hybridized carbons (Fsp3) is 0.455. The number of halogens is 6. The molecule has 2 aromatic heterocycles.